The lowest BCUT2D eigenvalue weighted by Gasteiger charge is -2.13. The van der Waals surface area contributed by atoms with E-state index in [0.717, 1.165) is 49.3 Å². The minimum Gasteiger partial charge on any atom is -0.478 e. The average molecular weight is 1760 g/mol. The zero-order valence-electron chi connectivity index (χ0n) is 54.9. The quantitative estimate of drug-likeness (QED) is 0.0187. The first-order valence-corrected chi connectivity index (χ1v) is 36.9. The molecule has 0 aliphatic carbocycles. The maximum absolute atomic E-state index is 11.6. The van der Waals surface area contributed by atoms with Crippen molar-refractivity contribution in [2.75, 3.05) is 0 Å². The summed E-state index contributed by atoms with van der Waals surface area (Å²) in [4.78, 5) is 254. The highest BCUT2D eigenvalue weighted by Gasteiger charge is 2.36. The summed E-state index contributed by atoms with van der Waals surface area (Å²) < 4.78 is 0. The van der Waals surface area contributed by atoms with Crippen LogP contribution in [0.2, 0.25) is 0 Å². The predicted octanol–water partition coefficient (Wildman–Crippen LogP) is 7.07. The first-order valence-electron chi connectivity index (χ1n) is 28.3. The van der Waals surface area contributed by atoms with Gasteiger partial charge in [-0.25, -0.2) is 126 Å². The molecule has 0 saturated carbocycles. The highest BCUT2D eigenvalue weighted by atomic mass is 33.1. The van der Waals surface area contributed by atoms with Gasteiger partial charge < -0.3 is 102 Å². The summed E-state index contributed by atoms with van der Waals surface area (Å²) in [7, 11) is 3.63. The highest BCUT2D eigenvalue weighted by molar-refractivity contribution is 8.77. The minimum absolute atomic E-state index is 0.193. The first kappa shape index (κ1) is 92.0. The predicted molar refractivity (Wildman–Crippen MR) is 380 cm³/mol. The molecule has 0 saturated heterocycles. The molecule has 0 aromatic carbocycles. The van der Waals surface area contributed by atoms with Crippen LogP contribution >= 0.6 is 86.4 Å². The van der Waals surface area contributed by atoms with Crippen LogP contribution in [0.4, 0.5) is 0 Å². The van der Waals surface area contributed by atoms with Crippen LogP contribution in [0.5, 0.6) is 0 Å². The van der Waals surface area contributed by atoms with Crippen LogP contribution < -0.4 is 0 Å². The third kappa shape index (κ3) is 21.9. The summed E-state index contributed by atoms with van der Waals surface area (Å²) in [5, 5.41) is 183. The molecule has 0 radical (unpaired) electrons. The fourth-order valence-electron chi connectivity index (χ4n) is 8.26. The Labute approximate surface area is 665 Å². The van der Waals surface area contributed by atoms with Gasteiger partial charge in [0.1, 0.15) is 53.5 Å². The monoisotopic (exact) mass is 1760 g/mol. The smallest absolute Gasteiger partial charge is 0.355 e. The van der Waals surface area contributed by atoms with Gasteiger partial charge in [-0.15, -0.1) is 0 Å². The second-order valence-electron chi connectivity index (χ2n) is 19.9. The Morgan fingerprint density at radius 2 is 0.388 bits per heavy atom. The lowest BCUT2D eigenvalue weighted by atomic mass is 10.0. The fourth-order valence-corrected chi connectivity index (χ4v) is 17.9. The number of hydrogen-bond donors (Lipinski definition) is 20. The number of carbonyl (C=O) groups is 20. The normalized spacial score (nSPS) is 10.3. The Balaban J connectivity index is 0.000000277. The molecular weight excluding hydrogens is 1730 g/mol. The van der Waals surface area contributed by atoms with Gasteiger partial charge in [-0.1, -0.05) is 43.2 Å². The molecule has 0 aliphatic rings. The molecule has 48 nitrogen and oxygen atoms in total. The van der Waals surface area contributed by atoms with Gasteiger partial charge in [0.2, 0.25) is 0 Å². The summed E-state index contributed by atoms with van der Waals surface area (Å²) in [6.45, 7) is 0. The van der Waals surface area contributed by atoms with Crippen LogP contribution in [0.3, 0.4) is 0 Å². The Kier molecular flexibility index (Phi) is 31.8. The second-order valence-corrected chi connectivity index (χ2v) is 28.4. The SMILES string of the molecule is O=C(O)c1ccnc(SSc2nccc(C(=O)O)c2C(=O)O)c1C(=O)O.O=C(O)c1cnc(C(=O)O)c(C(=O)O)c1SSc1c(C(=O)O)cnc(C(=O)O)c1C(=O)O.O=C(O)c1cnc(SSc2ncc(C(=O)O)c(C(=O)O)c2C(=O)O)c(C(=O)O)c1C(=O)O.O=C(O)c1cncc(C(=O)O)c1SSc1c(C(=O)O)cncc1C(=O)O. The Morgan fingerprint density at radius 1 is 0.181 bits per heavy atom. The standard InChI is InChI=1S/2C16H8N2O12S2.2C14H8N2O8S2/c19-11(20)3-1-17-7(15(27)28)5(13(23)24)9(3)31-32-10-4(12(21)22)2-18-8(16(29)30)6(10)14(25)26;19-11(20)3-1-17-9(7(15(27)28)5(3)13(23)24)31-32-10-8(16(29)30)6(14(25)26)4(2-18-10)12(21)22;17-11(18)5-1-15-2-6(12(19)20)9(5)25-26-10-7(13(21)22)3-16-4-8(10)14(23)24;17-11(18)5-1-3-15-9(7(5)13(21)22)25-26-10-8(14(23)24)6(12(19)20)2-4-16-10/h2*1-2H,(H,19,20)(H,21,22)(H,23,24)(H,25,26)(H,27,28)(H,29,30);2*1-4H,(H,17,18)(H,19,20)(H,21,22)(H,23,24). The van der Waals surface area contributed by atoms with Crippen molar-refractivity contribution in [2.24, 2.45) is 0 Å². The highest BCUT2D eigenvalue weighted by Crippen LogP contribution is 2.47. The largest absolute Gasteiger partial charge is 0.478 e. The van der Waals surface area contributed by atoms with E-state index in [2.05, 4.69) is 39.9 Å². The van der Waals surface area contributed by atoms with Gasteiger partial charge in [0.25, 0.3) is 0 Å². The maximum atomic E-state index is 11.6. The molecule has 56 heteroatoms. The topological polar surface area (TPSA) is 849 Å². The molecule has 0 spiro atoms. The van der Waals surface area contributed by atoms with Gasteiger partial charge in [-0.3, -0.25) is 9.97 Å². The first-order chi connectivity index (χ1) is 54.2. The van der Waals surface area contributed by atoms with Crippen molar-refractivity contribution < 1.29 is 198 Å². The minimum atomic E-state index is -1.88. The van der Waals surface area contributed by atoms with E-state index in [1.807, 2.05) is 0 Å². The van der Waals surface area contributed by atoms with Gasteiger partial charge in [-0.05, 0) is 55.3 Å². The number of hydrogen-bond acceptors (Lipinski definition) is 36. The molecular formula is C60H32N8O40S8. The molecule has 600 valence electrons. The summed E-state index contributed by atoms with van der Waals surface area (Å²) in [5.74, 6) is -33.5. The van der Waals surface area contributed by atoms with E-state index in [1.165, 1.54) is 0 Å². The molecule has 20 N–H and O–H groups in total. The lowest BCUT2D eigenvalue weighted by Crippen LogP contribution is -2.17. The molecule has 0 bridgehead atoms. The average Bonchev–Trinajstić information content (AvgIpc) is 0.783. The fraction of sp³-hybridized carbons (Fsp3) is 0. The molecule has 8 rings (SSSR count). The molecule has 0 aliphatic heterocycles. The zero-order valence-corrected chi connectivity index (χ0v) is 61.4. The molecule has 0 fully saturated rings. The van der Waals surface area contributed by atoms with Crippen molar-refractivity contribution >= 4 is 206 Å². The van der Waals surface area contributed by atoms with Gasteiger partial charge in [0.15, 0.2) is 11.4 Å². The van der Waals surface area contributed by atoms with E-state index in [0.29, 0.717) is 89.6 Å². The number of aromatic nitrogens is 8. The van der Waals surface area contributed by atoms with Gasteiger partial charge in [0.05, 0.1) is 86.3 Å². The molecule has 0 atom stereocenters. The molecule has 8 aromatic rings. The maximum Gasteiger partial charge on any atom is 0.355 e. The van der Waals surface area contributed by atoms with E-state index in [9.17, 15) is 167 Å². The number of carboxylic acids is 20. The van der Waals surface area contributed by atoms with Gasteiger partial charge in [0, 0.05) is 62.0 Å². The Bertz CT molecular complexity index is 5230. The molecule has 8 heterocycles. The van der Waals surface area contributed by atoms with Crippen LogP contribution in [0, 0.1) is 0 Å². The van der Waals surface area contributed by atoms with E-state index < -0.39 is 251 Å². The van der Waals surface area contributed by atoms with Crippen molar-refractivity contribution in [1.82, 2.24) is 39.9 Å². The summed E-state index contributed by atoms with van der Waals surface area (Å²) in [6.07, 6.45) is 8.27. The number of aromatic carboxylic acids is 20. The Hall–Kier alpha value is -14.6. The van der Waals surface area contributed by atoms with Crippen LogP contribution in [0.15, 0.2) is 114 Å². The summed E-state index contributed by atoms with van der Waals surface area (Å²) in [5.41, 5.74) is -15.4. The van der Waals surface area contributed by atoms with E-state index in [-0.39, 0.29) is 41.4 Å². The third-order valence-corrected chi connectivity index (χ3v) is 22.5. The van der Waals surface area contributed by atoms with Crippen LogP contribution in [-0.2, 0) is 0 Å². The number of nitrogens with zero attached hydrogens (tertiary/aromatic N) is 8. The van der Waals surface area contributed by atoms with Gasteiger partial charge >= 0.3 is 119 Å². The van der Waals surface area contributed by atoms with E-state index in [4.69, 9.17) is 30.6 Å². The van der Waals surface area contributed by atoms with Crippen LogP contribution in [0.25, 0.3) is 0 Å². The van der Waals surface area contributed by atoms with Gasteiger partial charge in [-0.2, -0.15) is 0 Å². The molecule has 0 amide bonds. The third-order valence-electron chi connectivity index (χ3n) is 13.0. The number of carboxylic acid groups (broad SMARTS) is 20. The van der Waals surface area contributed by atoms with E-state index in [1.54, 1.807) is 0 Å². The number of rotatable bonds is 32. The number of pyridine rings is 8. The van der Waals surface area contributed by atoms with Crippen LogP contribution in [0.1, 0.15) is 207 Å². The van der Waals surface area contributed by atoms with Crippen molar-refractivity contribution in [3.63, 3.8) is 0 Å². The summed E-state index contributed by atoms with van der Waals surface area (Å²) in [6, 6.07) is 2.04. The molecule has 8 aromatic heterocycles. The molecule has 116 heavy (non-hydrogen) atoms. The van der Waals surface area contributed by atoms with Crippen molar-refractivity contribution in [2.45, 2.75) is 39.7 Å². The van der Waals surface area contributed by atoms with E-state index >= 15 is 0 Å². The van der Waals surface area contributed by atoms with Crippen molar-refractivity contribution in [3.05, 3.63) is 186 Å². The molecule has 0 unspecified atom stereocenters. The van der Waals surface area contributed by atoms with Crippen molar-refractivity contribution in [3.8, 4) is 0 Å². The second kappa shape index (κ2) is 40.0. The van der Waals surface area contributed by atoms with Crippen LogP contribution in [-0.4, -0.2) is 261 Å². The van der Waals surface area contributed by atoms with Crippen molar-refractivity contribution in [1.29, 1.82) is 0 Å². The lowest BCUT2D eigenvalue weighted by molar-refractivity contribution is 0.0628. The Morgan fingerprint density at radius 3 is 0.603 bits per heavy atom. The summed E-state index contributed by atoms with van der Waals surface area (Å²) >= 11 is 0. The zero-order chi connectivity index (χ0) is 87.5.